The van der Waals surface area contributed by atoms with Gasteiger partial charge in [0.15, 0.2) is 5.96 Å². The minimum absolute atomic E-state index is 0. The number of nitrogens with one attached hydrogen (secondary N) is 2. The lowest BCUT2D eigenvalue weighted by atomic mass is 10.1. The van der Waals surface area contributed by atoms with Gasteiger partial charge in [0, 0.05) is 59.2 Å². The molecule has 2 aromatic rings. The van der Waals surface area contributed by atoms with E-state index in [1.165, 1.54) is 19.3 Å². The molecule has 0 spiro atoms. The largest absolute Gasteiger partial charge is 0.356 e. The van der Waals surface area contributed by atoms with Gasteiger partial charge in [-0.15, -0.1) is 34.2 Å². The Bertz CT molecular complexity index is 861. The fourth-order valence-corrected chi connectivity index (χ4v) is 3.61. The molecular formula is C22H34IN7O. The average molecular weight is 539 g/mol. The Balaban J connectivity index is 0.00000341. The Morgan fingerprint density at radius 2 is 1.90 bits per heavy atom. The van der Waals surface area contributed by atoms with Crippen molar-refractivity contribution in [3.8, 4) is 0 Å². The molecule has 3 rings (SSSR count). The minimum atomic E-state index is 0. The molecule has 1 aliphatic heterocycles. The Labute approximate surface area is 201 Å². The molecule has 2 N–H and O–H groups in total. The van der Waals surface area contributed by atoms with Crippen LogP contribution in [-0.2, 0) is 25.9 Å². The van der Waals surface area contributed by atoms with Gasteiger partial charge in [0.05, 0.1) is 0 Å². The van der Waals surface area contributed by atoms with Crippen LogP contribution in [0.15, 0.2) is 29.3 Å². The highest BCUT2D eigenvalue weighted by Crippen LogP contribution is 2.15. The van der Waals surface area contributed by atoms with Gasteiger partial charge in [-0.3, -0.25) is 9.79 Å². The van der Waals surface area contributed by atoms with Crippen molar-refractivity contribution in [2.45, 2.75) is 51.6 Å². The number of hydrogen-bond donors (Lipinski definition) is 2. The molecule has 0 bridgehead atoms. The van der Waals surface area contributed by atoms with Gasteiger partial charge in [0.2, 0.25) is 0 Å². The second-order valence-corrected chi connectivity index (χ2v) is 7.85. The molecule has 1 aromatic carbocycles. The number of carbonyl (C=O) groups excluding carboxylic acids is 1. The zero-order chi connectivity index (χ0) is 21.3. The topological polar surface area (TPSA) is 87.4 Å². The summed E-state index contributed by atoms with van der Waals surface area (Å²) in [5.41, 5.74) is 1.79. The number of rotatable bonds is 7. The van der Waals surface area contributed by atoms with Crippen LogP contribution in [0, 0.1) is 0 Å². The predicted molar refractivity (Wildman–Crippen MR) is 134 cm³/mol. The summed E-state index contributed by atoms with van der Waals surface area (Å²) in [6.45, 7) is 2.51. The Morgan fingerprint density at radius 3 is 2.61 bits per heavy atom. The van der Waals surface area contributed by atoms with Crippen LogP contribution in [0.1, 0.15) is 53.3 Å². The van der Waals surface area contributed by atoms with Crippen molar-refractivity contribution in [1.82, 2.24) is 30.3 Å². The number of benzene rings is 1. The van der Waals surface area contributed by atoms with E-state index in [-0.39, 0.29) is 29.9 Å². The Kier molecular flexibility index (Phi) is 10.2. The van der Waals surface area contributed by atoms with E-state index >= 15 is 0 Å². The highest BCUT2D eigenvalue weighted by atomic mass is 127. The number of amides is 1. The molecule has 0 unspecified atom stereocenters. The molecule has 0 aliphatic carbocycles. The Morgan fingerprint density at radius 1 is 1.13 bits per heavy atom. The standard InChI is InChI=1S/C22H33N7O.HI/c1-23-22(25-16-17-10-12-18(13-11-17)21(30)28(2)3)24-14-7-9-20-27-26-19-8-5-4-6-15-29(19)20;/h10-13H,4-9,14-16H2,1-3H3,(H2,23,24,25);1H. The van der Waals surface area contributed by atoms with Gasteiger partial charge >= 0.3 is 0 Å². The van der Waals surface area contributed by atoms with E-state index in [2.05, 4.69) is 30.4 Å². The lowest BCUT2D eigenvalue weighted by Crippen LogP contribution is -2.37. The maximum Gasteiger partial charge on any atom is 0.253 e. The van der Waals surface area contributed by atoms with Gasteiger partial charge in [-0.05, 0) is 37.0 Å². The van der Waals surface area contributed by atoms with E-state index in [9.17, 15) is 4.79 Å². The van der Waals surface area contributed by atoms with E-state index in [1.54, 1.807) is 26.0 Å². The molecule has 1 aliphatic rings. The van der Waals surface area contributed by atoms with Crippen LogP contribution in [0.5, 0.6) is 0 Å². The lowest BCUT2D eigenvalue weighted by Gasteiger charge is -2.13. The van der Waals surface area contributed by atoms with Gasteiger partial charge in [-0.2, -0.15) is 0 Å². The molecule has 31 heavy (non-hydrogen) atoms. The van der Waals surface area contributed by atoms with Gasteiger partial charge in [-0.1, -0.05) is 18.6 Å². The number of aryl methyl sites for hydroxylation is 2. The fraction of sp³-hybridized carbons (Fsp3) is 0.545. The molecule has 0 saturated heterocycles. The summed E-state index contributed by atoms with van der Waals surface area (Å²) in [4.78, 5) is 17.8. The number of fused-ring (bicyclic) bond motifs is 1. The molecule has 0 saturated carbocycles. The number of nitrogens with zero attached hydrogens (tertiary/aromatic N) is 5. The van der Waals surface area contributed by atoms with Crippen LogP contribution in [0.3, 0.4) is 0 Å². The average Bonchev–Trinajstić information content (AvgIpc) is 2.98. The first-order valence-electron chi connectivity index (χ1n) is 10.7. The van der Waals surface area contributed by atoms with Crippen LogP contribution < -0.4 is 10.6 Å². The summed E-state index contributed by atoms with van der Waals surface area (Å²) >= 11 is 0. The lowest BCUT2D eigenvalue weighted by molar-refractivity contribution is 0.0827. The number of aromatic nitrogens is 3. The number of halogens is 1. The van der Waals surface area contributed by atoms with Crippen molar-refractivity contribution in [3.63, 3.8) is 0 Å². The quantitative estimate of drug-likeness (QED) is 0.245. The van der Waals surface area contributed by atoms with E-state index < -0.39 is 0 Å². The van der Waals surface area contributed by atoms with Crippen LogP contribution in [0.25, 0.3) is 0 Å². The van der Waals surface area contributed by atoms with Crippen molar-refractivity contribution >= 4 is 35.8 Å². The number of aliphatic imine (C=N–C) groups is 1. The highest BCUT2D eigenvalue weighted by Gasteiger charge is 2.14. The number of carbonyl (C=O) groups is 1. The van der Waals surface area contributed by atoms with Crippen molar-refractivity contribution in [3.05, 3.63) is 47.0 Å². The molecule has 0 fully saturated rings. The maximum absolute atomic E-state index is 12.0. The van der Waals surface area contributed by atoms with Crippen LogP contribution >= 0.6 is 24.0 Å². The molecule has 8 nitrogen and oxygen atoms in total. The summed E-state index contributed by atoms with van der Waals surface area (Å²) in [7, 11) is 5.28. The smallest absolute Gasteiger partial charge is 0.253 e. The van der Waals surface area contributed by atoms with Gasteiger partial charge in [-0.25, -0.2) is 0 Å². The third-order valence-corrected chi connectivity index (χ3v) is 5.35. The maximum atomic E-state index is 12.0. The third-order valence-electron chi connectivity index (χ3n) is 5.35. The SMILES string of the molecule is CN=C(NCCCc1nnc2n1CCCCC2)NCc1ccc(C(=O)N(C)C)cc1.I. The second kappa shape index (κ2) is 12.6. The summed E-state index contributed by atoms with van der Waals surface area (Å²) in [6.07, 6.45) is 6.65. The summed E-state index contributed by atoms with van der Waals surface area (Å²) < 4.78 is 2.31. The molecule has 9 heteroatoms. The molecule has 2 heterocycles. The molecule has 0 atom stereocenters. The Hall–Kier alpha value is -2.17. The summed E-state index contributed by atoms with van der Waals surface area (Å²) in [6, 6.07) is 7.65. The summed E-state index contributed by atoms with van der Waals surface area (Å²) in [5.74, 6) is 3.02. The van der Waals surface area contributed by atoms with E-state index in [0.717, 1.165) is 55.5 Å². The first-order valence-corrected chi connectivity index (χ1v) is 10.7. The predicted octanol–water partition coefficient (Wildman–Crippen LogP) is 2.62. The van der Waals surface area contributed by atoms with Gasteiger partial charge in [0.1, 0.15) is 11.6 Å². The van der Waals surface area contributed by atoms with Crippen molar-refractivity contribution in [2.75, 3.05) is 27.7 Å². The highest BCUT2D eigenvalue weighted by molar-refractivity contribution is 14.0. The van der Waals surface area contributed by atoms with E-state index in [0.29, 0.717) is 12.1 Å². The fourth-order valence-electron chi connectivity index (χ4n) is 3.61. The van der Waals surface area contributed by atoms with E-state index in [1.807, 2.05) is 24.3 Å². The molecule has 1 amide bonds. The van der Waals surface area contributed by atoms with Crippen molar-refractivity contribution in [2.24, 2.45) is 4.99 Å². The monoisotopic (exact) mass is 539 g/mol. The van der Waals surface area contributed by atoms with Gasteiger partial charge < -0.3 is 20.1 Å². The number of guanidine groups is 1. The van der Waals surface area contributed by atoms with E-state index in [4.69, 9.17) is 0 Å². The van der Waals surface area contributed by atoms with Crippen molar-refractivity contribution < 1.29 is 4.79 Å². The normalized spacial score (nSPS) is 13.6. The molecule has 1 aromatic heterocycles. The summed E-state index contributed by atoms with van der Waals surface area (Å²) in [5, 5.41) is 15.4. The minimum Gasteiger partial charge on any atom is -0.356 e. The van der Waals surface area contributed by atoms with Crippen molar-refractivity contribution in [1.29, 1.82) is 0 Å². The molecular weight excluding hydrogens is 505 g/mol. The first kappa shape index (κ1) is 25.1. The zero-order valence-electron chi connectivity index (χ0n) is 18.7. The van der Waals surface area contributed by atoms with Crippen LogP contribution in [0.2, 0.25) is 0 Å². The zero-order valence-corrected chi connectivity index (χ0v) is 21.1. The van der Waals surface area contributed by atoms with Crippen LogP contribution in [0.4, 0.5) is 0 Å². The molecule has 170 valence electrons. The van der Waals surface area contributed by atoms with Gasteiger partial charge in [0.25, 0.3) is 5.91 Å². The second-order valence-electron chi connectivity index (χ2n) is 7.85. The number of hydrogen-bond acceptors (Lipinski definition) is 4. The first-order chi connectivity index (χ1) is 14.6. The third kappa shape index (κ3) is 7.19. The molecule has 0 radical (unpaired) electrons. The van der Waals surface area contributed by atoms with Crippen LogP contribution in [-0.4, -0.2) is 59.2 Å².